The second-order valence-electron chi connectivity index (χ2n) is 8.66. The van der Waals surface area contributed by atoms with Crippen molar-refractivity contribution in [3.8, 4) is 0 Å². The number of ether oxygens (including phenoxy) is 1. The van der Waals surface area contributed by atoms with Crippen molar-refractivity contribution in [2.24, 2.45) is 4.99 Å². The number of amides is 1. The van der Waals surface area contributed by atoms with Gasteiger partial charge < -0.3 is 20.7 Å². The van der Waals surface area contributed by atoms with Crippen LogP contribution in [0.2, 0.25) is 0 Å². The van der Waals surface area contributed by atoms with Gasteiger partial charge in [0.1, 0.15) is 17.2 Å². The summed E-state index contributed by atoms with van der Waals surface area (Å²) in [5.74, 6) is -0.782. The fraction of sp³-hybridized carbons (Fsp3) is 0.600. The van der Waals surface area contributed by atoms with Gasteiger partial charge in [0.15, 0.2) is 5.96 Å². The highest BCUT2D eigenvalue weighted by molar-refractivity contribution is 14.0. The molecule has 164 valence electrons. The van der Waals surface area contributed by atoms with Gasteiger partial charge in [0.05, 0.1) is 5.54 Å². The van der Waals surface area contributed by atoms with Gasteiger partial charge in [-0.2, -0.15) is 0 Å². The van der Waals surface area contributed by atoms with E-state index in [1.807, 2.05) is 13.8 Å². The number of hydrogen-bond acceptors (Lipinski definition) is 3. The molecule has 0 aliphatic heterocycles. The molecule has 29 heavy (non-hydrogen) atoms. The fourth-order valence-corrected chi connectivity index (χ4v) is 2.84. The molecule has 2 unspecified atom stereocenters. The number of nitrogens with zero attached hydrogens (tertiary/aromatic N) is 1. The lowest BCUT2D eigenvalue weighted by Gasteiger charge is -2.29. The Kier molecular flexibility index (Phi) is 8.67. The monoisotopic (exact) mass is 524 g/mol. The first-order valence-corrected chi connectivity index (χ1v) is 9.34. The number of carbonyl (C=O) groups is 1. The van der Waals surface area contributed by atoms with E-state index in [0.29, 0.717) is 18.9 Å². The van der Waals surface area contributed by atoms with Crippen LogP contribution in [0, 0.1) is 11.6 Å². The third-order valence-electron chi connectivity index (χ3n) is 4.24. The van der Waals surface area contributed by atoms with E-state index in [9.17, 15) is 13.6 Å². The summed E-state index contributed by atoms with van der Waals surface area (Å²) in [6.45, 7) is 9.49. The van der Waals surface area contributed by atoms with E-state index >= 15 is 0 Å². The molecule has 1 aliphatic carbocycles. The number of nitrogens with one attached hydrogen (secondary N) is 3. The van der Waals surface area contributed by atoms with Crippen molar-refractivity contribution in [3.63, 3.8) is 0 Å². The van der Waals surface area contributed by atoms with Gasteiger partial charge in [-0.3, -0.25) is 4.99 Å². The number of aliphatic imine (C=N–C) groups is 1. The second-order valence-corrected chi connectivity index (χ2v) is 8.66. The van der Waals surface area contributed by atoms with Gasteiger partial charge in [-0.15, -0.1) is 24.0 Å². The molecule has 1 fully saturated rings. The van der Waals surface area contributed by atoms with Crippen LogP contribution in [0.4, 0.5) is 13.6 Å². The van der Waals surface area contributed by atoms with Crippen LogP contribution < -0.4 is 16.0 Å². The van der Waals surface area contributed by atoms with E-state index in [2.05, 4.69) is 20.9 Å². The molecule has 9 heteroatoms. The van der Waals surface area contributed by atoms with Gasteiger partial charge in [-0.05, 0) is 53.2 Å². The van der Waals surface area contributed by atoms with Crippen LogP contribution in [0.25, 0.3) is 0 Å². The molecular weight excluding hydrogens is 493 g/mol. The number of alkyl carbamates (subject to hydrolysis) is 1. The Balaban J connectivity index is 0.00000420. The van der Waals surface area contributed by atoms with Crippen molar-refractivity contribution in [1.29, 1.82) is 0 Å². The smallest absolute Gasteiger partial charge is 0.408 e. The Morgan fingerprint density at radius 3 is 2.31 bits per heavy atom. The highest BCUT2D eigenvalue weighted by Crippen LogP contribution is 2.43. The quantitative estimate of drug-likeness (QED) is 0.311. The minimum Gasteiger partial charge on any atom is -0.444 e. The molecule has 0 saturated heterocycles. The summed E-state index contributed by atoms with van der Waals surface area (Å²) in [6, 6.07) is 3.80. The molecule has 1 saturated carbocycles. The number of rotatable bonds is 5. The lowest BCUT2D eigenvalue weighted by Crippen LogP contribution is -2.54. The molecule has 1 amide bonds. The highest BCUT2D eigenvalue weighted by Gasteiger charge is 2.42. The van der Waals surface area contributed by atoms with Crippen molar-refractivity contribution in [2.45, 2.75) is 64.1 Å². The minimum absolute atomic E-state index is 0. The van der Waals surface area contributed by atoms with Crippen LogP contribution in [0.1, 0.15) is 52.5 Å². The molecule has 0 spiro atoms. The maximum absolute atomic E-state index is 13.9. The standard InChI is InChI=1S/C20H30F2N4O2.HI/c1-19(2,3)28-18(27)26-20(4,5)11-24-17(23-6)25-15-10-12(15)16-13(21)8-7-9-14(16)22;/h7-9,12,15H,10-11H2,1-6H3,(H,26,27)(H2,23,24,25);1H. The maximum atomic E-state index is 13.9. The summed E-state index contributed by atoms with van der Waals surface area (Å²) in [4.78, 5) is 16.1. The summed E-state index contributed by atoms with van der Waals surface area (Å²) >= 11 is 0. The largest absolute Gasteiger partial charge is 0.444 e. The number of guanidine groups is 1. The average molecular weight is 524 g/mol. The zero-order valence-electron chi connectivity index (χ0n) is 17.7. The molecule has 6 nitrogen and oxygen atoms in total. The number of halogens is 3. The predicted molar refractivity (Wildman–Crippen MR) is 121 cm³/mol. The Morgan fingerprint density at radius 1 is 1.21 bits per heavy atom. The molecule has 0 aromatic heterocycles. The van der Waals surface area contributed by atoms with Crippen molar-refractivity contribution < 1.29 is 18.3 Å². The molecule has 2 atom stereocenters. The van der Waals surface area contributed by atoms with Crippen molar-refractivity contribution in [3.05, 3.63) is 35.4 Å². The zero-order chi connectivity index (χ0) is 21.1. The normalized spacial score (nSPS) is 19.1. The number of carbonyl (C=O) groups excluding carboxylic acids is 1. The summed E-state index contributed by atoms with van der Waals surface area (Å²) in [7, 11) is 1.62. The summed E-state index contributed by atoms with van der Waals surface area (Å²) in [5, 5.41) is 9.11. The lowest BCUT2D eigenvalue weighted by molar-refractivity contribution is 0.0474. The van der Waals surface area contributed by atoms with Gasteiger partial charge in [0.25, 0.3) is 0 Å². The van der Waals surface area contributed by atoms with E-state index in [0.717, 1.165) is 0 Å². The van der Waals surface area contributed by atoms with E-state index in [4.69, 9.17) is 4.74 Å². The van der Waals surface area contributed by atoms with Crippen LogP contribution >= 0.6 is 24.0 Å². The third-order valence-corrected chi connectivity index (χ3v) is 4.24. The van der Waals surface area contributed by atoms with Crippen molar-refractivity contribution in [1.82, 2.24) is 16.0 Å². The first-order valence-electron chi connectivity index (χ1n) is 9.34. The molecule has 3 N–H and O–H groups in total. The summed E-state index contributed by atoms with van der Waals surface area (Å²) < 4.78 is 33.1. The van der Waals surface area contributed by atoms with Crippen LogP contribution in [0.3, 0.4) is 0 Å². The van der Waals surface area contributed by atoms with Crippen LogP contribution in [-0.4, -0.2) is 42.8 Å². The van der Waals surface area contributed by atoms with E-state index in [-0.39, 0.29) is 41.5 Å². The molecule has 0 radical (unpaired) electrons. The van der Waals surface area contributed by atoms with Gasteiger partial charge >= 0.3 is 6.09 Å². The van der Waals surface area contributed by atoms with Crippen LogP contribution in [0.15, 0.2) is 23.2 Å². The van der Waals surface area contributed by atoms with Crippen molar-refractivity contribution >= 4 is 36.0 Å². The van der Waals surface area contributed by atoms with Gasteiger partial charge in [-0.25, -0.2) is 13.6 Å². The molecule has 1 aromatic carbocycles. The Hall–Kier alpha value is -1.65. The van der Waals surface area contributed by atoms with E-state index in [1.54, 1.807) is 27.8 Å². The lowest BCUT2D eigenvalue weighted by atomic mass is 10.1. The predicted octanol–water partition coefficient (Wildman–Crippen LogP) is 3.91. The van der Waals surface area contributed by atoms with E-state index < -0.39 is 28.9 Å². The minimum atomic E-state index is -0.597. The van der Waals surface area contributed by atoms with Crippen LogP contribution in [-0.2, 0) is 4.74 Å². The Labute approximate surface area is 188 Å². The summed E-state index contributed by atoms with van der Waals surface area (Å²) in [6.07, 6.45) is 0.123. The van der Waals surface area contributed by atoms with Gasteiger partial charge in [0.2, 0.25) is 0 Å². The van der Waals surface area contributed by atoms with Gasteiger partial charge in [0, 0.05) is 31.1 Å². The van der Waals surface area contributed by atoms with E-state index in [1.165, 1.54) is 18.2 Å². The number of hydrogen-bond donors (Lipinski definition) is 3. The third kappa shape index (κ3) is 7.94. The molecule has 0 bridgehead atoms. The number of benzene rings is 1. The fourth-order valence-electron chi connectivity index (χ4n) is 2.84. The molecule has 1 aliphatic rings. The molecular formula is C20H31F2IN4O2. The molecule has 1 aromatic rings. The highest BCUT2D eigenvalue weighted by atomic mass is 127. The Morgan fingerprint density at radius 2 is 1.79 bits per heavy atom. The second kappa shape index (κ2) is 9.90. The molecule has 0 heterocycles. The van der Waals surface area contributed by atoms with Crippen LogP contribution in [0.5, 0.6) is 0 Å². The Bertz CT molecular complexity index is 730. The average Bonchev–Trinajstić information content (AvgIpc) is 3.27. The van der Waals surface area contributed by atoms with Crippen molar-refractivity contribution in [2.75, 3.05) is 13.6 Å². The first kappa shape index (κ1) is 25.4. The maximum Gasteiger partial charge on any atom is 0.408 e. The first-order chi connectivity index (χ1) is 12.9. The van der Waals surface area contributed by atoms with Gasteiger partial charge in [-0.1, -0.05) is 6.07 Å². The molecule has 2 rings (SSSR count). The summed E-state index contributed by atoms with van der Waals surface area (Å²) in [5.41, 5.74) is -1.06. The SMILES string of the molecule is CN=C(NCC(C)(C)NC(=O)OC(C)(C)C)NC1CC1c1c(F)cccc1F.I. The topological polar surface area (TPSA) is 74.8 Å². The zero-order valence-corrected chi connectivity index (χ0v) is 20.1.